The van der Waals surface area contributed by atoms with Gasteiger partial charge in [0.2, 0.25) is 9.76 Å². The highest BCUT2D eigenvalue weighted by Crippen LogP contribution is 2.09. The van der Waals surface area contributed by atoms with Crippen molar-refractivity contribution in [2.75, 3.05) is 0 Å². The van der Waals surface area contributed by atoms with Gasteiger partial charge < -0.3 is 4.80 Å². The summed E-state index contributed by atoms with van der Waals surface area (Å²) in [6, 6.07) is 14.0. The Morgan fingerprint density at radius 3 is 2.50 bits per heavy atom. The third-order valence-electron chi connectivity index (χ3n) is 2.04. The fourth-order valence-corrected chi connectivity index (χ4v) is 2.13. The van der Waals surface area contributed by atoms with Gasteiger partial charge in [-0.15, -0.1) is 0 Å². The van der Waals surface area contributed by atoms with Gasteiger partial charge in [-0.05, 0) is 16.0 Å². The van der Waals surface area contributed by atoms with Crippen LogP contribution in [0, 0.1) is 0 Å². The summed E-state index contributed by atoms with van der Waals surface area (Å²) in [5.41, 5.74) is 0. The van der Waals surface area contributed by atoms with Crippen molar-refractivity contribution in [3.05, 3.63) is 42.5 Å². The van der Waals surface area contributed by atoms with E-state index in [2.05, 4.69) is 0 Å². The normalized spacial score (nSPS) is 11.4. The number of fused-ring (bicyclic) bond motifs is 1. The zero-order valence-corrected chi connectivity index (χ0v) is 8.07. The average molecular weight is 173 g/mol. The van der Waals surface area contributed by atoms with Crippen LogP contribution in [0.25, 0.3) is 10.8 Å². The van der Waals surface area contributed by atoms with Crippen LogP contribution in [-0.2, 0) is 4.80 Å². The van der Waals surface area contributed by atoms with Gasteiger partial charge in [0, 0.05) is 0 Å². The van der Waals surface area contributed by atoms with Crippen molar-refractivity contribution in [2.45, 2.75) is 0 Å². The van der Waals surface area contributed by atoms with E-state index >= 15 is 0 Å². The lowest BCUT2D eigenvalue weighted by Crippen LogP contribution is -2.12. The average Bonchev–Trinajstić information content (AvgIpc) is 2.17. The summed E-state index contributed by atoms with van der Waals surface area (Å²) >= 11 is 0. The van der Waals surface area contributed by atoms with Crippen molar-refractivity contribution in [1.82, 2.24) is 0 Å². The third kappa shape index (κ3) is 1.15. The summed E-state index contributed by atoms with van der Waals surface area (Å²) in [5.74, 6) is 0. The lowest BCUT2D eigenvalue weighted by Gasteiger charge is -2.00. The zero-order chi connectivity index (χ0) is 8.39. The van der Waals surface area contributed by atoms with Gasteiger partial charge in [0.05, 0.1) is 0 Å². The maximum Gasteiger partial charge on any atom is 0.238 e. The number of hydrogen-bond acceptors (Lipinski definition) is 0. The minimum atomic E-state index is -1.28. The molecule has 1 radical (unpaired) electrons. The Bertz CT molecular complexity index is 392. The monoisotopic (exact) mass is 173 g/mol. The fraction of sp³-hybridized carbons (Fsp3) is 0. The molecule has 0 spiro atoms. The first kappa shape index (κ1) is 7.52. The standard InChI is InChI=1S/C10H9OSi/c11-12-10-7-3-5-8-4-1-2-6-9(8)10/h1-7H,12H2. The molecule has 0 aromatic heterocycles. The Morgan fingerprint density at radius 2 is 1.67 bits per heavy atom. The predicted molar refractivity (Wildman–Crippen MR) is 52.8 cm³/mol. The van der Waals surface area contributed by atoms with Crippen molar-refractivity contribution in [3.8, 4) is 0 Å². The molecule has 0 atom stereocenters. The van der Waals surface area contributed by atoms with E-state index in [0.717, 1.165) is 10.6 Å². The molecule has 1 nitrogen and oxygen atoms in total. The summed E-state index contributed by atoms with van der Waals surface area (Å²) < 4.78 is 0. The highest BCUT2D eigenvalue weighted by Gasteiger charge is 1.98. The lowest BCUT2D eigenvalue weighted by molar-refractivity contribution is 0.484. The van der Waals surface area contributed by atoms with Gasteiger partial charge in [0.15, 0.2) is 0 Å². The van der Waals surface area contributed by atoms with E-state index < -0.39 is 9.76 Å². The highest BCUT2D eigenvalue weighted by molar-refractivity contribution is 6.49. The smallest absolute Gasteiger partial charge is 0.238 e. The van der Waals surface area contributed by atoms with Crippen LogP contribution in [0.1, 0.15) is 0 Å². The van der Waals surface area contributed by atoms with Crippen LogP contribution in [0.2, 0.25) is 0 Å². The molecule has 0 unspecified atom stereocenters. The van der Waals surface area contributed by atoms with E-state index in [0.29, 0.717) is 0 Å². The van der Waals surface area contributed by atoms with Crippen LogP contribution >= 0.6 is 0 Å². The van der Waals surface area contributed by atoms with E-state index in [4.69, 9.17) is 0 Å². The van der Waals surface area contributed by atoms with Gasteiger partial charge in [-0.2, -0.15) is 0 Å². The molecule has 2 heteroatoms. The minimum Gasteiger partial charge on any atom is -0.300 e. The molecule has 0 fully saturated rings. The maximum atomic E-state index is 10.9. The van der Waals surface area contributed by atoms with Gasteiger partial charge in [0.25, 0.3) is 0 Å². The van der Waals surface area contributed by atoms with E-state index in [1.165, 1.54) is 5.39 Å². The van der Waals surface area contributed by atoms with Gasteiger partial charge in [0.1, 0.15) is 0 Å². The molecule has 2 rings (SSSR count). The molecule has 2 aromatic carbocycles. The van der Waals surface area contributed by atoms with Crippen LogP contribution < -0.4 is 5.19 Å². The van der Waals surface area contributed by atoms with Gasteiger partial charge >= 0.3 is 0 Å². The molecule has 0 aliphatic rings. The van der Waals surface area contributed by atoms with E-state index in [1.54, 1.807) is 0 Å². The third-order valence-corrected chi connectivity index (χ3v) is 2.96. The molecule has 0 bridgehead atoms. The number of benzene rings is 2. The van der Waals surface area contributed by atoms with Crippen molar-refractivity contribution >= 4 is 25.7 Å². The fourth-order valence-electron chi connectivity index (χ4n) is 1.42. The molecule has 0 amide bonds. The van der Waals surface area contributed by atoms with E-state index in [1.807, 2.05) is 42.5 Å². The molecule has 0 aliphatic heterocycles. The molecule has 0 saturated carbocycles. The summed E-state index contributed by atoms with van der Waals surface area (Å²) in [7, 11) is -1.28. The topological polar surface area (TPSA) is 19.9 Å². The van der Waals surface area contributed by atoms with Gasteiger partial charge in [-0.25, -0.2) is 0 Å². The largest absolute Gasteiger partial charge is 0.300 e. The second-order valence-corrected chi connectivity index (χ2v) is 3.83. The number of rotatable bonds is 1. The van der Waals surface area contributed by atoms with Gasteiger partial charge in [-0.3, -0.25) is 0 Å². The summed E-state index contributed by atoms with van der Waals surface area (Å²) in [4.78, 5) is 10.9. The van der Waals surface area contributed by atoms with Crippen molar-refractivity contribution in [3.63, 3.8) is 0 Å². The molecular formula is C10H9OSi. The quantitative estimate of drug-likeness (QED) is 0.573. The molecule has 59 valence electrons. The second-order valence-electron chi connectivity index (χ2n) is 2.78. The van der Waals surface area contributed by atoms with Crippen LogP contribution in [0.15, 0.2) is 42.5 Å². The first-order chi connectivity index (χ1) is 5.92. The minimum absolute atomic E-state index is 1.02. The Hall–Kier alpha value is -1.12. The molecular weight excluding hydrogens is 164 g/mol. The lowest BCUT2D eigenvalue weighted by atomic mass is 10.1. The Labute approximate surface area is 73.6 Å². The van der Waals surface area contributed by atoms with Crippen LogP contribution in [0.4, 0.5) is 0 Å². The van der Waals surface area contributed by atoms with Crippen LogP contribution in [0.5, 0.6) is 0 Å². The van der Waals surface area contributed by atoms with E-state index in [9.17, 15) is 4.80 Å². The van der Waals surface area contributed by atoms with Crippen molar-refractivity contribution in [2.24, 2.45) is 0 Å². The first-order valence-corrected chi connectivity index (χ1v) is 5.25. The molecule has 0 N–H and O–H groups in total. The first-order valence-electron chi connectivity index (χ1n) is 3.96. The Balaban J connectivity index is 2.79. The predicted octanol–water partition coefficient (Wildman–Crippen LogP) is 0.979. The molecule has 12 heavy (non-hydrogen) atoms. The van der Waals surface area contributed by atoms with Crippen molar-refractivity contribution in [1.29, 1.82) is 0 Å². The summed E-state index contributed by atoms with van der Waals surface area (Å²) in [5, 5.41) is 3.34. The highest BCUT2D eigenvalue weighted by atomic mass is 28.2. The summed E-state index contributed by atoms with van der Waals surface area (Å²) in [6.07, 6.45) is 0. The maximum absolute atomic E-state index is 10.9. The molecule has 2 aromatic rings. The molecule has 0 aliphatic carbocycles. The Morgan fingerprint density at radius 1 is 0.917 bits per heavy atom. The van der Waals surface area contributed by atoms with Gasteiger partial charge in [-0.1, -0.05) is 42.5 Å². The Kier molecular flexibility index (Phi) is 1.94. The van der Waals surface area contributed by atoms with Crippen LogP contribution in [-0.4, -0.2) is 9.76 Å². The zero-order valence-electron chi connectivity index (χ0n) is 6.66. The molecule has 0 saturated heterocycles. The molecule has 0 heterocycles. The van der Waals surface area contributed by atoms with E-state index in [-0.39, 0.29) is 0 Å². The summed E-state index contributed by atoms with van der Waals surface area (Å²) in [6.45, 7) is 0. The van der Waals surface area contributed by atoms with Crippen LogP contribution in [0.3, 0.4) is 0 Å². The van der Waals surface area contributed by atoms with Crippen molar-refractivity contribution < 1.29 is 4.80 Å². The SMILES string of the molecule is [O][SiH2]c1cccc2ccccc12. The number of hydrogen-bond donors (Lipinski definition) is 0. The second kappa shape index (κ2) is 3.09.